The average Bonchev–Trinajstić information content (AvgIpc) is 2.16. The molecule has 4 heteroatoms. The third kappa shape index (κ3) is 3.88. The number of benzene rings is 1. The lowest BCUT2D eigenvalue weighted by molar-refractivity contribution is -0.114. The lowest BCUT2D eigenvalue weighted by Crippen LogP contribution is -2.15. The van der Waals surface area contributed by atoms with E-state index in [9.17, 15) is 18.0 Å². The van der Waals surface area contributed by atoms with Crippen LogP contribution in [0.15, 0.2) is 42.0 Å². The van der Waals surface area contributed by atoms with E-state index in [1.165, 1.54) is 0 Å². The van der Waals surface area contributed by atoms with Gasteiger partial charge in [0.1, 0.15) is 0 Å². The fourth-order valence-corrected chi connectivity index (χ4v) is 1.29. The lowest BCUT2D eigenvalue weighted by atomic mass is 10.0. The number of hydrogen-bond acceptors (Lipinski definition) is 1. The van der Waals surface area contributed by atoms with Gasteiger partial charge in [-0.2, -0.15) is 13.2 Å². The van der Waals surface area contributed by atoms with Crippen molar-refractivity contribution < 1.29 is 18.0 Å². The van der Waals surface area contributed by atoms with Crippen LogP contribution in [-0.2, 0) is 11.2 Å². The number of carbonyl (C=O) groups is 1. The Hall–Kier alpha value is -1.58. The fraction of sp³-hybridized carbons (Fsp3) is 0.250. The smallest absolute Gasteiger partial charge is 0.295 e. The highest BCUT2D eigenvalue weighted by Gasteiger charge is 2.33. The molecule has 86 valence electrons. The van der Waals surface area contributed by atoms with Crippen molar-refractivity contribution in [1.82, 2.24) is 0 Å². The monoisotopic (exact) mass is 228 g/mol. The summed E-state index contributed by atoms with van der Waals surface area (Å²) in [5, 5.41) is 0. The minimum atomic E-state index is -4.46. The topological polar surface area (TPSA) is 17.1 Å². The van der Waals surface area contributed by atoms with E-state index < -0.39 is 17.5 Å². The van der Waals surface area contributed by atoms with Gasteiger partial charge in [0.05, 0.1) is 0 Å². The zero-order chi connectivity index (χ0) is 12.2. The molecule has 0 spiro atoms. The SMILES string of the molecule is CC(=O)/C=C(\Cc1ccccc1)C(F)(F)F. The highest BCUT2D eigenvalue weighted by atomic mass is 19.4. The van der Waals surface area contributed by atoms with E-state index in [1.807, 2.05) is 0 Å². The van der Waals surface area contributed by atoms with Crippen LogP contribution in [0.5, 0.6) is 0 Å². The van der Waals surface area contributed by atoms with Crippen molar-refractivity contribution in [2.75, 3.05) is 0 Å². The number of allylic oxidation sites excluding steroid dienone is 2. The summed E-state index contributed by atoms with van der Waals surface area (Å²) in [5.74, 6) is -0.594. The van der Waals surface area contributed by atoms with Gasteiger partial charge in [-0.15, -0.1) is 0 Å². The van der Waals surface area contributed by atoms with Gasteiger partial charge in [-0.3, -0.25) is 4.79 Å². The zero-order valence-electron chi connectivity index (χ0n) is 8.71. The predicted octanol–water partition coefficient (Wildman–Crippen LogP) is 3.31. The second-order valence-electron chi connectivity index (χ2n) is 3.44. The van der Waals surface area contributed by atoms with Crippen LogP contribution in [0, 0.1) is 0 Å². The number of halogens is 3. The first-order valence-electron chi connectivity index (χ1n) is 4.72. The van der Waals surface area contributed by atoms with Gasteiger partial charge in [-0.1, -0.05) is 30.3 Å². The number of alkyl halides is 3. The van der Waals surface area contributed by atoms with Crippen molar-refractivity contribution in [1.29, 1.82) is 0 Å². The molecule has 16 heavy (non-hydrogen) atoms. The summed E-state index contributed by atoms with van der Waals surface area (Å²) in [4.78, 5) is 10.7. The standard InChI is InChI=1S/C12H11F3O/c1-9(16)7-11(12(13,14)15)8-10-5-3-2-4-6-10/h2-7H,8H2,1H3/b11-7+. The van der Waals surface area contributed by atoms with Crippen LogP contribution < -0.4 is 0 Å². The summed E-state index contributed by atoms with van der Waals surface area (Å²) in [5.41, 5.74) is -0.279. The first kappa shape index (κ1) is 12.5. The summed E-state index contributed by atoms with van der Waals surface area (Å²) >= 11 is 0. The Morgan fingerprint density at radius 2 is 1.81 bits per heavy atom. The molecule has 0 fully saturated rings. The van der Waals surface area contributed by atoms with E-state index in [2.05, 4.69) is 0 Å². The Labute approximate surface area is 91.6 Å². The van der Waals surface area contributed by atoms with Gasteiger partial charge in [0, 0.05) is 12.0 Å². The van der Waals surface area contributed by atoms with Gasteiger partial charge in [0.25, 0.3) is 0 Å². The minimum absolute atomic E-state index is 0.274. The maximum absolute atomic E-state index is 12.5. The van der Waals surface area contributed by atoms with Gasteiger partial charge < -0.3 is 0 Å². The lowest BCUT2D eigenvalue weighted by Gasteiger charge is -2.11. The zero-order valence-corrected chi connectivity index (χ0v) is 8.71. The first-order valence-corrected chi connectivity index (χ1v) is 4.72. The normalized spacial score (nSPS) is 12.6. The molecule has 0 atom stereocenters. The van der Waals surface area contributed by atoms with Crippen molar-refractivity contribution in [2.45, 2.75) is 19.5 Å². The molecule has 0 heterocycles. The molecule has 0 saturated heterocycles. The highest BCUT2D eigenvalue weighted by Crippen LogP contribution is 2.28. The van der Waals surface area contributed by atoms with Gasteiger partial charge in [-0.05, 0) is 18.6 Å². The number of carbonyl (C=O) groups excluding carboxylic acids is 1. The van der Waals surface area contributed by atoms with E-state index >= 15 is 0 Å². The Balaban J connectivity index is 2.93. The Morgan fingerprint density at radius 1 is 1.25 bits per heavy atom. The molecule has 0 radical (unpaired) electrons. The van der Waals surface area contributed by atoms with Crippen LogP contribution in [-0.4, -0.2) is 12.0 Å². The first-order chi connectivity index (χ1) is 7.39. The summed E-state index contributed by atoms with van der Waals surface area (Å²) in [6.45, 7) is 1.11. The highest BCUT2D eigenvalue weighted by molar-refractivity contribution is 5.88. The molecule has 1 aromatic rings. The summed E-state index contributed by atoms with van der Waals surface area (Å²) in [7, 11) is 0. The number of hydrogen-bond donors (Lipinski definition) is 0. The van der Waals surface area contributed by atoms with E-state index in [4.69, 9.17) is 0 Å². The Morgan fingerprint density at radius 3 is 2.25 bits per heavy atom. The van der Waals surface area contributed by atoms with Crippen molar-refractivity contribution in [3.8, 4) is 0 Å². The molecule has 0 aliphatic heterocycles. The van der Waals surface area contributed by atoms with E-state index in [1.54, 1.807) is 30.3 Å². The molecule has 0 N–H and O–H groups in total. The summed E-state index contributed by atoms with van der Waals surface area (Å²) in [6, 6.07) is 8.25. The molecular formula is C12H11F3O. The minimum Gasteiger partial charge on any atom is -0.295 e. The quantitative estimate of drug-likeness (QED) is 0.725. The molecule has 0 bridgehead atoms. The maximum Gasteiger partial charge on any atom is 0.413 e. The fourth-order valence-electron chi connectivity index (χ4n) is 1.29. The van der Waals surface area contributed by atoms with E-state index in [0.29, 0.717) is 11.6 Å². The van der Waals surface area contributed by atoms with E-state index in [-0.39, 0.29) is 6.42 Å². The molecule has 0 saturated carbocycles. The molecule has 1 aromatic carbocycles. The average molecular weight is 228 g/mol. The molecular weight excluding hydrogens is 217 g/mol. The van der Waals surface area contributed by atoms with Crippen LogP contribution in [0.25, 0.3) is 0 Å². The van der Waals surface area contributed by atoms with Crippen LogP contribution in [0.1, 0.15) is 12.5 Å². The molecule has 1 rings (SSSR count). The third-order valence-corrected chi connectivity index (χ3v) is 1.98. The second kappa shape index (κ2) is 4.96. The summed E-state index contributed by atoms with van der Waals surface area (Å²) < 4.78 is 37.6. The van der Waals surface area contributed by atoms with Crippen molar-refractivity contribution in [3.05, 3.63) is 47.5 Å². The summed E-state index contributed by atoms with van der Waals surface area (Å²) in [6.07, 6.45) is -4.08. The van der Waals surface area contributed by atoms with Gasteiger partial charge >= 0.3 is 6.18 Å². The van der Waals surface area contributed by atoms with Crippen molar-refractivity contribution >= 4 is 5.78 Å². The Bertz CT molecular complexity index is 390. The molecule has 0 aromatic heterocycles. The van der Waals surface area contributed by atoms with E-state index in [0.717, 1.165) is 6.92 Å². The third-order valence-electron chi connectivity index (χ3n) is 1.98. The number of rotatable bonds is 3. The van der Waals surface area contributed by atoms with Crippen LogP contribution in [0.3, 0.4) is 0 Å². The van der Waals surface area contributed by atoms with Crippen molar-refractivity contribution in [3.63, 3.8) is 0 Å². The van der Waals surface area contributed by atoms with Gasteiger partial charge in [0.2, 0.25) is 0 Å². The molecule has 1 nitrogen and oxygen atoms in total. The molecule has 0 aliphatic rings. The largest absolute Gasteiger partial charge is 0.413 e. The second-order valence-corrected chi connectivity index (χ2v) is 3.44. The molecule has 0 amide bonds. The van der Waals surface area contributed by atoms with Gasteiger partial charge in [-0.25, -0.2) is 0 Å². The van der Waals surface area contributed by atoms with Crippen LogP contribution in [0.2, 0.25) is 0 Å². The van der Waals surface area contributed by atoms with Gasteiger partial charge in [0.15, 0.2) is 5.78 Å². The number of ketones is 1. The van der Waals surface area contributed by atoms with Crippen molar-refractivity contribution in [2.24, 2.45) is 0 Å². The molecule has 0 aliphatic carbocycles. The maximum atomic E-state index is 12.5. The van der Waals surface area contributed by atoms with Crippen LogP contribution in [0.4, 0.5) is 13.2 Å². The Kier molecular flexibility index (Phi) is 3.88. The predicted molar refractivity (Wildman–Crippen MR) is 55.0 cm³/mol. The van der Waals surface area contributed by atoms with Crippen LogP contribution >= 0.6 is 0 Å². The molecule has 0 unspecified atom stereocenters.